The summed E-state index contributed by atoms with van der Waals surface area (Å²) >= 11 is 0. The number of ether oxygens (including phenoxy) is 1. The van der Waals surface area contributed by atoms with Gasteiger partial charge in [-0.25, -0.2) is 0 Å². The number of nitrogens with one attached hydrogen (secondary N) is 2. The molecule has 4 nitrogen and oxygen atoms in total. The third-order valence-electron chi connectivity index (χ3n) is 2.65. The summed E-state index contributed by atoms with van der Waals surface area (Å²) in [7, 11) is 3.62. The molecule has 0 saturated heterocycles. The Morgan fingerprint density at radius 1 is 1.43 bits per heavy atom. The first kappa shape index (κ1) is 11.5. The zero-order valence-corrected chi connectivity index (χ0v) is 9.01. The van der Waals surface area contributed by atoms with Crippen molar-refractivity contribution >= 4 is 5.91 Å². The number of amides is 1. The van der Waals surface area contributed by atoms with Gasteiger partial charge in [0, 0.05) is 13.5 Å². The highest BCUT2D eigenvalue weighted by Crippen LogP contribution is 2.29. The summed E-state index contributed by atoms with van der Waals surface area (Å²) in [5, 5.41) is 5.73. The van der Waals surface area contributed by atoms with Gasteiger partial charge in [0.05, 0.1) is 12.7 Å². The van der Waals surface area contributed by atoms with E-state index in [0.717, 1.165) is 25.3 Å². The number of carbonyl (C=O) groups excluding carboxylic acids is 1. The second-order valence-electron chi connectivity index (χ2n) is 3.81. The molecule has 0 aliphatic heterocycles. The molecule has 1 saturated carbocycles. The number of hydrogen-bond acceptors (Lipinski definition) is 3. The first-order valence-corrected chi connectivity index (χ1v) is 5.23. The van der Waals surface area contributed by atoms with Gasteiger partial charge in [-0.15, -0.1) is 0 Å². The van der Waals surface area contributed by atoms with Crippen LogP contribution in [0.2, 0.25) is 0 Å². The van der Waals surface area contributed by atoms with Gasteiger partial charge in [-0.1, -0.05) is 0 Å². The summed E-state index contributed by atoms with van der Waals surface area (Å²) < 4.78 is 5.54. The highest BCUT2D eigenvalue weighted by atomic mass is 16.5. The van der Waals surface area contributed by atoms with Crippen molar-refractivity contribution in [1.82, 2.24) is 10.6 Å². The summed E-state index contributed by atoms with van der Waals surface area (Å²) in [5.74, 6) is 0.820. The van der Waals surface area contributed by atoms with Gasteiger partial charge in [0.15, 0.2) is 0 Å². The van der Waals surface area contributed by atoms with E-state index >= 15 is 0 Å². The van der Waals surface area contributed by atoms with Gasteiger partial charge in [-0.2, -0.15) is 0 Å². The van der Waals surface area contributed by atoms with Gasteiger partial charge in [-0.3, -0.25) is 4.79 Å². The van der Waals surface area contributed by atoms with Crippen LogP contribution in [-0.2, 0) is 9.53 Å². The second kappa shape index (κ2) is 5.98. The highest BCUT2D eigenvalue weighted by Gasteiger charge is 2.28. The predicted octanol–water partition coefficient (Wildman–Crippen LogP) is 0.137. The van der Waals surface area contributed by atoms with Crippen LogP contribution in [0.25, 0.3) is 0 Å². The van der Waals surface area contributed by atoms with Crippen LogP contribution in [0.4, 0.5) is 0 Å². The Balaban J connectivity index is 1.93. The molecule has 14 heavy (non-hydrogen) atoms. The molecule has 4 heteroatoms. The minimum Gasteiger partial charge on any atom is -0.378 e. The quantitative estimate of drug-likeness (QED) is 0.641. The fraction of sp³-hybridized carbons (Fsp3) is 0.900. The summed E-state index contributed by atoms with van der Waals surface area (Å²) in [6.45, 7) is 1.63. The van der Waals surface area contributed by atoms with Crippen molar-refractivity contribution < 1.29 is 9.53 Å². The molecule has 2 N–H and O–H groups in total. The molecule has 0 aromatic rings. The molecule has 0 unspecified atom stereocenters. The third kappa shape index (κ3) is 3.64. The minimum absolute atomic E-state index is 0.0519. The van der Waals surface area contributed by atoms with Crippen molar-refractivity contribution in [2.24, 2.45) is 5.92 Å². The van der Waals surface area contributed by atoms with E-state index in [2.05, 4.69) is 10.6 Å². The molecule has 0 aromatic heterocycles. The van der Waals surface area contributed by atoms with E-state index in [4.69, 9.17) is 4.74 Å². The SMILES string of the molecule is CNCC1CC(OCCC(=O)NC)C1. The molecule has 0 atom stereocenters. The van der Waals surface area contributed by atoms with Gasteiger partial charge in [0.2, 0.25) is 5.91 Å². The van der Waals surface area contributed by atoms with Gasteiger partial charge in [-0.05, 0) is 32.4 Å². The molecule has 1 aliphatic rings. The van der Waals surface area contributed by atoms with E-state index in [0.29, 0.717) is 19.1 Å². The molecule has 1 aliphatic carbocycles. The summed E-state index contributed by atoms with van der Waals surface area (Å²) in [6, 6.07) is 0. The van der Waals surface area contributed by atoms with E-state index < -0.39 is 0 Å². The molecule has 0 aromatic carbocycles. The molecular weight excluding hydrogens is 180 g/mol. The van der Waals surface area contributed by atoms with Crippen LogP contribution >= 0.6 is 0 Å². The third-order valence-corrected chi connectivity index (χ3v) is 2.65. The van der Waals surface area contributed by atoms with Crippen LogP contribution in [-0.4, -0.2) is 39.3 Å². The fourth-order valence-electron chi connectivity index (χ4n) is 1.71. The number of rotatable bonds is 6. The van der Waals surface area contributed by atoms with Gasteiger partial charge in [0.25, 0.3) is 0 Å². The van der Waals surface area contributed by atoms with Gasteiger partial charge < -0.3 is 15.4 Å². The topological polar surface area (TPSA) is 50.4 Å². The summed E-state index contributed by atoms with van der Waals surface area (Å²) in [4.78, 5) is 10.9. The monoisotopic (exact) mass is 200 g/mol. The van der Waals surface area contributed by atoms with Gasteiger partial charge >= 0.3 is 0 Å². The number of hydrogen-bond donors (Lipinski definition) is 2. The largest absolute Gasteiger partial charge is 0.378 e. The summed E-state index contributed by atoms with van der Waals surface area (Å²) in [6.07, 6.45) is 3.13. The van der Waals surface area contributed by atoms with Crippen molar-refractivity contribution in [1.29, 1.82) is 0 Å². The van der Waals surface area contributed by atoms with E-state index in [1.807, 2.05) is 7.05 Å². The standard InChI is InChI=1S/C10H20N2O2/c1-11-7-8-5-9(6-8)14-4-3-10(13)12-2/h8-9,11H,3-7H2,1-2H3,(H,12,13). The first-order valence-electron chi connectivity index (χ1n) is 5.23. The Morgan fingerprint density at radius 3 is 2.71 bits per heavy atom. The van der Waals surface area contributed by atoms with Crippen LogP contribution in [0, 0.1) is 5.92 Å². The molecule has 1 fully saturated rings. The lowest BCUT2D eigenvalue weighted by molar-refractivity contribution is -0.123. The van der Waals surface area contributed by atoms with Crippen molar-refractivity contribution in [3.8, 4) is 0 Å². The minimum atomic E-state index is 0.0519. The lowest BCUT2D eigenvalue weighted by Crippen LogP contribution is -2.37. The molecule has 0 radical (unpaired) electrons. The Bertz CT molecular complexity index is 179. The zero-order chi connectivity index (χ0) is 10.4. The predicted molar refractivity (Wildman–Crippen MR) is 55.1 cm³/mol. The maximum atomic E-state index is 10.9. The molecule has 82 valence electrons. The number of carbonyl (C=O) groups is 1. The first-order chi connectivity index (χ1) is 6.76. The lowest BCUT2D eigenvalue weighted by Gasteiger charge is -2.34. The molecule has 1 amide bonds. The van der Waals surface area contributed by atoms with E-state index in [1.165, 1.54) is 0 Å². The van der Waals surface area contributed by atoms with Gasteiger partial charge in [0.1, 0.15) is 0 Å². The average molecular weight is 200 g/mol. The summed E-state index contributed by atoms with van der Waals surface area (Å²) in [5.41, 5.74) is 0. The zero-order valence-electron chi connectivity index (χ0n) is 9.01. The Labute approximate surface area is 85.4 Å². The maximum absolute atomic E-state index is 10.9. The molecule has 1 rings (SSSR count). The maximum Gasteiger partial charge on any atom is 0.222 e. The van der Waals surface area contributed by atoms with Crippen LogP contribution in [0.1, 0.15) is 19.3 Å². The lowest BCUT2D eigenvalue weighted by atomic mass is 9.82. The van der Waals surface area contributed by atoms with Crippen molar-refractivity contribution in [3.05, 3.63) is 0 Å². The van der Waals surface area contributed by atoms with Crippen LogP contribution in [0.15, 0.2) is 0 Å². The van der Waals surface area contributed by atoms with Crippen molar-refractivity contribution in [3.63, 3.8) is 0 Å². The van der Waals surface area contributed by atoms with Crippen LogP contribution in [0.5, 0.6) is 0 Å². The average Bonchev–Trinajstić information content (AvgIpc) is 2.13. The fourth-order valence-corrected chi connectivity index (χ4v) is 1.71. The molecule has 0 spiro atoms. The Hall–Kier alpha value is -0.610. The van der Waals surface area contributed by atoms with Crippen LogP contribution < -0.4 is 10.6 Å². The van der Waals surface area contributed by atoms with E-state index in [1.54, 1.807) is 7.05 Å². The second-order valence-corrected chi connectivity index (χ2v) is 3.81. The molecular formula is C10H20N2O2. The normalized spacial score (nSPS) is 25.6. The molecule has 0 heterocycles. The Kier molecular flexibility index (Phi) is 4.90. The Morgan fingerprint density at radius 2 is 2.14 bits per heavy atom. The van der Waals surface area contributed by atoms with E-state index in [9.17, 15) is 4.79 Å². The molecule has 0 bridgehead atoms. The van der Waals surface area contributed by atoms with E-state index in [-0.39, 0.29) is 5.91 Å². The van der Waals surface area contributed by atoms with Crippen molar-refractivity contribution in [2.75, 3.05) is 27.2 Å². The smallest absolute Gasteiger partial charge is 0.222 e. The highest BCUT2D eigenvalue weighted by molar-refractivity contribution is 5.75. The van der Waals surface area contributed by atoms with Crippen LogP contribution in [0.3, 0.4) is 0 Å². The van der Waals surface area contributed by atoms with Crippen molar-refractivity contribution in [2.45, 2.75) is 25.4 Å².